The van der Waals surface area contributed by atoms with Crippen LogP contribution in [0, 0.1) is 5.92 Å². The van der Waals surface area contributed by atoms with Crippen LogP contribution in [-0.4, -0.2) is 45.9 Å². The van der Waals surface area contributed by atoms with Crippen LogP contribution in [-0.2, 0) is 22.4 Å². The zero-order chi connectivity index (χ0) is 32.0. The Balaban J connectivity index is 1.16. The summed E-state index contributed by atoms with van der Waals surface area (Å²) >= 11 is 0. The standard InChI is InChI=1S/C39H40N6O2/c46-38(29-18-20-40-21-19-29)44-34(17-16-31-24-41-33-13-7-6-12-32(31)33)39(47)45-35(23-26-14-15-27-8-4-5-11-30(27)22-26)37-42-25-36(43-37)28-9-2-1-3-10-28/h1-15,22,24-25,29,34-35,40-41H,16-21,23H2,(H,42,43)(H,44,46)(H,45,47)/t34-,35-/m1/s1. The first-order valence-corrected chi connectivity index (χ1v) is 16.6. The molecule has 47 heavy (non-hydrogen) atoms. The first kappa shape index (κ1) is 30.4. The average Bonchev–Trinajstić information content (AvgIpc) is 3.78. The van der Waals surface area contributed by atoms with Crippen molar-refractivity contribution in [2.75, 3.05) is 13.1 Å². The number of imidazole rings is 1. The van der Waals surface area contributed by atoms with Crippen LogP contribution in [0.2, 0.25) is 0 Å². The van der Waals surface area contributed by atoms with Crippen LogP contribution in [0.15, 0.2) is 109 Å². The van der Waals surface area contributed by atoms with Gasteiger partial charge in [-0.15, -0.1) is 0 Å². The van der Waals surface area contributed by atoms with Gasteiger partial charge in [0.05, 0.1) is 17.9 Å². The van der Waals surface area contributed by atoms with E-state index in [2.05, 4.69) is 62.3 Å². The van der Waals surface area contributed by atoms with E-state index in [0.29, 0.717) is 25.1 Å². The Labute approximate surface area is 274 Å². The van der Waals surface area contributed by atoms with Gasteiger partial charge in [0.2, 0.25) is 11.8 Å². The Hall–Kier alpha value is -5.21. The Morgan fingerprint density at radius 3 is 2.47 bits per heavy atom. The number of amides is 2. The number of nitrogens with zero attached hydrogens (tertiary/aromatic N) is 1. The predicted octanol–water partition coefficient (Wildman–Crippen LogP) is 6.23. The van der Waals surface area contributed by atoms with Gasteiger partial charge in [-0.3, -0.25) is 9.59 Å². The van der Waals surface area contributed by atoms with Crippen LogP contribution < -0.4 is 16.0 Å². The molecule has 7 rings (SSSR count). The summed E-state index contributed by atoms with van der Waals surface area (Å²) in [5.74, 6) is 0.300. The number of aromatic amines is 2. The van der Waals surface area contributed by atoms with Crippen molar-refractivity contribution in [2.45, 2.75) is 44.2 Å². The molecule has 2 atom stereocenters. The van der Waals surface area contributed by atoms with Gasteiger partial charge in [0.15, 0.2) is 0 Å². The number of fused-ring (bicyclic) bond motifs is 2. The molecule has 1 aliphatic heterocycles. The van der Waals surface area contributed by atoms with Gasteiger partial charge in [0, 0.05) is 23.0 Å². The highest BCUT2D eigenvalue weighted by molar-refractivity contribution is 5.89. The molecule has 238 valence electrons. The van der Waals surface area contributed by atoms with Gasteiger partial charge in [-0.25, -0.2) is 4.98 Å². The predicted molar refractivity (Wildman–Crippen MR) is 187 cm³/mol. The first-order chi connectivity index (χ1) is 23.1. The highest BCUT2D eigenvalue weighted by Gasteiger charge is 2.29. The van der Waals surface area contributed by atoms with Crippen LogP contribution in [0.1, 0.15) is 42.3 Å². The summed E-state index contributed by atoms with van der Waals surface area (Å²) in [7, 11) is 0. The second kappa shape index (κ2) is 14.1. The second-order valence-corrected chi connectivity index (χ2v) is 12.5. The summed E-state index contributed by atoms with van der Waals surface area (Å²) < 4.78 is 0. The summed E-state index contributed by atoms with van der Waals surface area (Å²) in [6.07, 6.45) is 7.01. The third-order valence-electron chi connectivity index (χ3n) is 9.30. The number of aromatic nitrogens is 3. The molecule has 0 aliphatic carbocycles. The van der Waals surface area contributed by atoms with E-state index in [1.54, 1.807) is 0 Å². The molecule has 4 aromatic carbocycles. The zero-order valence-corrected chi connectivity index (χ0v) is 26.3. The van der Waals surface area contributed by atoms with Crippen molar-refractivity contribution in [3.05, 3.63) is 126 Å². The van der Waals surface area contributed by atoms with Crippen LogP contribution >= 0.6 is 0 Å². The van der Waals surface area contributed by atoms with E-state index < -0.39 is 12.1 Å². The average molecular weight is 625 g/mol. The molecular formula is C39H40N6O2. The molecule has 8 heteroatoms. The van der Waals surface area contributed by atoms with Crippen molar-refractivity contribution in [1.82, 2.24) is 30.9 Å². The summed E-state index contributed by atoms with van der Waals surface area (Å²) in [6.45, 7) is 1.61. The first-order valence-electron chi connectivity index (χ1n) is 16.6. The number of hydrogen-bond donors (Lipinski definition) is 5. The molecule has 3 heterocycles. The van der Waals surface area contributed by atoms with E-state index in [-0.39, 0.29) is 17.7 Å². The number of carbonyl (C=O) groups is 2. The van der Waals surface area contributed by atoms with Gasteiger partial charge >= 0.3 is 0 Å². The largest absolute Gasteiger partial charge is 0.361 e. The highest BCUT2D eigenvalue weighted by atomic mass is 16.2. The number of hydrogen-bond acceptors (Lipinski definition) is 4. The molecule has 1 aliphatic rings. The molecule has 5 N–H and O–H groups in total. The maximum atomic E-state index is 14.3. The molecule has 1 saturated heterocycles. The number of nitrogens with one attached hydrogen (secondary N) is 5. The molecule has 0 spiro atoms. The van der Waals surface area contributed by atoms with Crippen molar-refractivity contribution < 1.29 is 9.59 Å². The minimum Gasteiger partial charge on any atom is -0.361 e. The molecule has 2 amide bonds. The lowest BCUT2D eigenvalue weighted by Gasteiger charge is -2.26. The number of para-hydroxylation sites is 1. The van der Waals surface area contributed by atoms with Crippen LogP contribution in [0.5, 0.6) is 0 Å². The summed E-state index contributed by atoms with van der Waals surface area (Å²) in [5, 5.41) is 13.2. The quantitative estimate of drug-likeness (QED) is 0.118. The normalized spacial score (nSPS) is 15.0. The Morgan fingerprint density at radius 1 is 0.851 bits per heavy atom. The fourth-order valence-corrected chi connectivity index (χ4v) is 6.65. The van der Waals surface area contributed by atoms with E-state index in [1.165, 1.54) is 5.39 Å². The van der Waals surface area contributed by atoms with Crippen LogP contribution in [0.25, 0.3) is 32.9 Å². The molecular weight excluding hydrogens is 584 g/mol. The highest BCUT2D eigenvalue weighted by Crippen LogP contribution is 2.25. The Morgan fingerprint density at radius 2 is 1.62 bits per heavy atom. The van der Waals surface area contributed by atoms with Crippen LogP contribution in [0.4, 0.5) is 0 Å². The molecule has 0 radical (unpaired) electrons. The van der Waals surface area contributed by atoms with Crippen molar-refractivity contribution >= 4 is 33.5 Å². The lowest BCUT2D eigenvalue weighted by molar-refractivity contribution is -0.132. The molecule has 8 nitrogen and oxygen atoms in total. The monoisotopic (exact) mass is 624 g/mol. The lowest BCUT2D eigenvalue weighted by Crippen LogP contribution is -2.50. The van der Waals surface area contributed by atoms with Crippen molar-refractivity contribution in [2.24, 2.45) is 5.92 Å². The number of H-pyrrole nitrogens is 2. The lowest BCUT2D eigenvalue weighted by atomic mass is 9.96. The number of piperidine rings is 1. The smallest absolute Gasteiger partial charge is 0.243 e. The van der Waals surface area contributed by atoms with E-state index in [9.17, 15) is 9.59 Å². The Kier molecular flexibility index (Phi) is 9.10. The fraction of sp³-hybridized carbons (Fsp3) is 0.256. The Bertz CT molecular complexity index is 1970. The van der Waals surface area contributed by atoms with E-state index in [4.69, 9.17) is 4.98 Å². The third kappa shape index (κ3) is 7.13. The second-order valence-electron chi connectivity index (χ2n) is 12.5. The fourth-order valence-electron chi connectivity index (χ4n) is 6.65. The number of carbonyl (C=O) groups excluding carboxylic acids is 2. The molecule has 1 fully saturated rings. The maximum Gasteiger partial charge on any atom is 0.243 e. The molecule has 0 unspecified atom stereocenters. The van der Waals surface area contributed by atoms with Gasteiger partial charge in [-0.2, -0.15) is 0 Å². The van der Waals surface area contributed by atoms with E-state index >= 15 is 0 Å². The van der Waals surface area contributed by atoms with Crippen molar-refractivity contribution in [3.63, 3.8) is 0 Å². The van der Waals surface area contributed by atoms with Gasteiger partial charge in [-0.1, -0.05) is 91.0 Å². The SMILES string of the molecule is O=C(N[C@H](CCc1c[nH]c2ccccc12)C(=O)N[C@H](Cc1ccc2ccccc2c1)c1ncc(-c2ccccc2)[nH]1)C1CCNCC1. The van der Waals surface area contributed by atoms with Gasteiger partial charge in [-0.05, 0) is 78.7 Å². The number of rotatable bonds is 11. The van der Waals surface area contributed by atoms with Crippen molar-refractivity contribution in [1.29, 1.82) is 0 Å². The van der Waals surface area contributed by atoms with Gasteiger partial charge in [0.25, 0.3) is 0 Å². The zero-order valence-electron chi connectivity index (χ0n) is 26.3. The summed E-state index contributed by atoms with van der Waals surface area (Å²) in [5.41, 5.74) is 5.17. The minimum absolute atomic E-state index is 0.0546. The third-order valence-corrected chi connectivity index (χ3v) is 9.30. The van der Waals surface area contributed by atoms with Crippen molar-refractivity contribution in [3.8, 4) is 11.3 Å². The number of benzene rings is 4. The number of aryl methyl sites for hydroxylation is 1. The van der Waals surface area contributed by atoms with Gasteiger partial charge in [0.1, 0.15) is 11.9 Å². The van der Waals surface area contributed by atoms with Gasteiger partial charge < -0.3 is 25.9 Å². The molecule has 0 saturated carbocycles. The van der Waals surface area contributed by atoms with Crippen LogP contribution in [0.3, 0.4) is 0 Å². The summed E-state index contributed by atoms with van der Waals surface area (Å²) in [4.78, 5) is 39.3. The maximum absolute atomic E-state index is 14.3. The van der Waals surface area contributed by atoms with E-state index in [0.717, 1.165) is 64.6 Å². The van der Waals surface area contributed by atoms with E-state index in [1.807, 2.05) is 73.1 Å². The minimum atomic E-state index is -0.700. The molecule has 0 bridgehead atoms. The molecule has 2 aromatic heterocycles. The topological polar surface area (TPSA) is 115 Å². The molecule has 6 aromatic rings. The summed E-state index contributed by atoms with van der Waals surface area (Å²) in [6, 6.07) is 31.7.